The molecule has 3 N–H and O–H groups in total. The van der Waals surface area contributed by atoms with Gasteiger partial charge in [0.05, 0.1) is 6.61 Å². The number of esters is 3. The summed E-state index contributed by atoms with van der Waals surface area (Å²) in [7, 11) is 0. The fraction of sp³-hybridized carbons (Fsp3) is 0.831. The first kappa shape index (κ1) is 77.7. The van der Waals surface area contributed by atoms with E-state index in [1.807, 2.05) is 0 Å². The lowest BCUT2D eigenvalue weighted by Crippen LogP contribution is -2.61. The van der Waals surface area contributed by atoms with E-state index in [1.165, 1.54) is 173 Å². The van der Waals surface area contributed by atoms with Crippen molar-refractivity contribution in [2.45, 2.75) is 366 Å². The van der Waals surface area contributed by atoms with Crippen molar-refractivity contribution in [1.82, 2.24) is 0 Å². The summed E-state index contributed by atoms with van der Waals surface area (Å²) in [6.45, 7) is 6.00. The second kappa shape index (κ2) is 59.0. The maximum absolute atomic E-state index is 13.2. The van der Waals surface area contributed by atoms with Gasteiger partial charge in [0.1, 0.15) is 18.8 Å². The molecule has 0 spiro atoms. The minimum absolute atomic E-state index is 0.0583. The van der Waals surface area contributed by atoms with E-state index in [4.69, 9.17) is 23.7 Å². The van der Waals surface area contributed by atoms with Gasteiger partial charge in [-0.1, -0.05) is 256 Å². The van der Waals surface area contributed by atoms with E-state index in [-0.39, 0.29) is 25.9 Å². The Balaban J connectivity index is 2.63. The first-order valence-electron chi connectivity index (χ1n) is 34.6. The van der Waals surface area contributed by atoms with E-state index in [0.29, 0.717) is 19.3 Å². The molecule has 1 aliphatic heterocycles. The molecule has 6 atom stereocenters. The Morgan fingerprint density at radius 1 is 0.398 bits per heavy atom. The third kappa shape index (κ3) is 48.5. The number of aliphatic hydroxyl groups is 2. The highest BCUT2D eigenvalue weighted by Crippen LogP contribution is 2.27. The number of hydrogen-bond acceptors (Lipinski definition) is 11. The number of rotatable bonds is 60. The lowest BCUT2D eigenvalue weighted by atomic mass is 9.98. The molecule has 0 bridgehead atoms. The second-order valence-electron chi connectivity index (χ2n) is 23.8. The van der Waals surface area contributed by atoms with Crippen molar-refractivity contribution in [3.63, 3.8) is 0 Å². The standard InChI is InChI=1S/C71H126O12/c1-4-7-10-13-16-19-22-25-28-30-32-34-37-39-42-45-48-51-54-57-63(72)79-60-62(81-64(73)58-55-52-49-46-43-40-36-27-24-21-18-15-12-9-6-3)61-80-71-69(67(76)66(75)68(83-71)70(77)78)82-65(74)59-56-53-50-47-44-41-38-35-33-31-29-26-23-20-17-14-11-8-5-2/h18,21,25-29,36,62,66-69,71,75-76H,4-17,19-20,22-24,30-35,37-61H2,1-3H3,(H,77,78)/b21-18-,28-25-,29-26-,36-27-. The Hall–Kier alpha value is -3.32. The molecule has 482 valence electrons. The zero-order chi connectivity index (χ0) is 60.3. The topological polar surface area (TPSA) is 175 Å². The van der Waals surface area contributed by atoms with Crippen molar-refractivity contribution in [1.29, 1.82) is 0 Å². The van der Waals surface area contributed by atoms with Gasteiger partial charge in [-0.05, 0) is 103 Å². The van der Waals surface area contributed by atoms with Gasteiger partial charge in [0.25, 0.3) is 0 Å². The van der Waals surface area contributed by atoms with Crippen LogP contribution in [0.4, 0.5) is 0 Å². The van der Waals surface area contributed by atoms with Crippen molar-refractivity contribution in [3.05, 3.63) is 48.6 Å². The lowest BCUT2D eigenvalue weighted by Gasteiger charge is -2.40. The van der Waals surface area contributed by atoms with Crippen molar-refractivity contribution in [2.75, 3.05) is 13.2 Å². The molecule has 1 saturated heterocycles. The van der Waals surface area contributed by atoms with E-state index in [0.717, 1.165) is 96.3 Å². The van der Waals surface area contributed by atoms with E-state index in [2.05, 4.69) is 69.4 Å². The molecule has 1 heterocycles. The third-order valence-electron chi connectivity index (χ3n) is 15.8. The van der Waals surface area contributed by atoms with Gasteiger partial charge >= 0.3 is 23.9 Å². The normalized spacial score (nSPS) is 17.8. The average molecular weight is 1170 g/mol. The van der Waals surface area contributed by atoms with Crippen LogP contribution >= 0.6 is 0 Å². The largest absolute Gasteiger partial charge is 0.479 e. The van der Waals surface area contributed by atoms with Crippen LogP contribution in [0.2, 0.25) is 0 Å². The van der Waals surface area contributed by atoms with Gasteiger partial charge in [0.2, 0.25) is 0 Å². The maximum atomic E-state index is 13.2. The van der Waals surface area contributed by atoms with Crippen LogP contribution in [-0.4, -0.2) is 89.2 Å². The van der Waals surface area contributed by atoms with Crippen LogP contribution in [0.5, 0.6) is 0 Å². The Labute approximate surface area is 507 Å². The number of ether oxygens (including phenoxy) is 5. The highest BCUT2D eigenvalue weighted by Gasteiger charge is 2.50. The number of unbranched alkanes of at least 4 members (excludes halogenated alkanes) is 38. The number of carbonyl (C=O) groups is 4. The summed E-state index contributed by atoms with van der Waals surface area (Å²) in [4.78, 5) is 51.4. The van der Waals surface area contributed by atoms with Crippen LogP contribution < -0.4 is 0 Å². The zero-order valence-corrected chi connectivity index (χ0v) is 53.5. The highest BCUT2D eigenvalue weighted by atomic mass is 16.7. The number of carbonyl (C=O) groups excluding carboxylic acids is 3. The lowest BCUT2D eigenvalue weighted by molar-refractivity contribution is -0.301. The Morgan fingerprint density at radius 3 is 1.12 bits per heavy atom. The summed E-state index contributed by atoms with van der Waals surface area (Å²) in [5.41, 5.74) is 0. The fourth-order valence-corrected chi connectivity index (χ4v) is 10.5. The van der Waals surface area contributed by atoms with Crippen LogP contribution in [0.25, 0.3) is 0 Å². The van der Waals surface area contributed by atoms with Crippen molar-refractivity contribution in [2.24, 2.45) is 0 Å². The van der Waals surface area contributed by atoms with Crippen LogP contribution in [0.15, 0.2) is 48.6 Å². The molecule has 0 aromatic heterocycles. The summed E-state index contributed by atoms with van der Waals surface area (Å²) in [6.07, 6.45) is 60.6. The minimum Gasteiger partial charge on any atom is -0.479 e. The smallest absolute Gasteiger partial charge is 0.335 e. The van der Waals surface area contributed by atoms with Crippen LogP contribution in [0.1, 0.15) is 329 Å². The zero-order valence-electron chi connectivity index (χ0n) is 53.5. The minimum atomic E-state index is -1.91. The first-order valence-corrected chi connectivity index (χ1v) is 34.6. The summed E-state index contributed by atoms with van der Waals surface area (Å²) < 4.78 is 28.6. The molecular formula is C71H126O12. The Kier molecular flexibility index (Phi) is 55.3. The van der Waals surface area contributed by atoms with Crippen molar-refractivity contribution < 1.29 is 58.2 Å². The SMILES string of the molecule is CCCCC/C=C\C/C=C\CCCCCCCC(=O)OC(COC(=O)CCCCCCCCCCC/C=C\CCCCCCCC)COC1OC(C(=O)O)C(O)C(O)C1OC(=O)CCCCCCCCCCC/C=C\CCCCCCCC. The summed E-state index contributed by atoms with van der Waals surface area (Å²) >= 11 is 0. The molecule has 1 fully saturated rings. The van der Waals surface area contributed by atoms with E-state index in [1.54, 1.807) is 0 Å². The Bertz CT molecular complexity index is 1630. The molecular weight excluding hydrogens is 1040 g/mol. The summed E-state index contributed by atoms with van der Waals surface area (Å²) in [6, 6.07) is 0. The van der Waals surface area contributed by atoms with Gasteiger partial charge in [-0.25, -0.2) is 4.79 Å². The first-order chi connectivity index (χ1) is 40.6. The van der Waals surface area contributed by atoms with Gasteiger partial charge in [0.15, 0.2) is 24.6 Å². The van der Waals surface area contributed by atoms with Gasteiger partial charge in [-0.15, -0.1) is 0 Å². The predicted octanol–water partition coefficient (Wildman–Crippen LogP) is 18.9. The maximum Gasteiger partial charge on any atom is 0.335 e. The van der Waals surface area contributed by atoms with Gasteiger partial charge in [0, 0.05) is 19.3 Å². The fourth-order valence-electron chi connectivity index (χ4n) is 10.5. The number of carboxylic acids is 1. The molecule has 12 heteroatoms. The van der Waals surface area contributed by atoms with Crippen molar-refractivity contribution >= 4 is 23.9 Å². The molecule has 0 amide bonds. The van der Waals surface area contributed by atoms with E-state index < -0.39 is 67.3 Å². The second-order valence-corrected chi connectivity index (χ2v) is 23.8. The monoisotopic (exact) mass is 1170 g/mol. The van der Waals surface area contributed by atoms with Crippen LogP contribution in [0, 0.1) is 0 Å². The number of allylic oxidation sites excluding steroid dienone is 8. The molecule has 83 heavy (non-hydrogen) atoms. The van der Waals surface area contributed by atoms with Gasteiger partial charge in [-0.2, -0.15) is 0 Å². The Morgan fingerprint density at radius 2 is 0.723 bits per heavy atom. The number of carboxylic acid groups (broad SMARTS) is 1. The highest BCUT2D eigenvalue weighted by molar-refractivity contribution is 5.74. The number of aliphatic carboxylic acids is 1. The molecule has 12 nitrogen and oxygen atoms in total. The molecule has 0 aromatic carbocycles. The quantitative estimate of drug-likeness (QED) is 0.0228. The van der Waals surface area contributed by atoms with Crippen molar-refractivity contribution in [3.8, 4) is 0 Å². The molecule has 0 saturated carbocycles. The molecule has 0 aromatic rings. The predicted molar refractivity (Wildman–Crippen MR) is 340 cm³/mol. The van der Waals surface area contributed by atoms with Crippen LogP contribution in [-0.2, 0) is 42.9 Å². The number of hydrogen-bond donors (Lipinski definition) is 3. The molecule has 0 radical (unpaired) electrons. The summed E-state index contributed by atoms with van der Waals surface area (Å²) in [5, 5.41) is 31.6. The van der Waals surface area contributed by atoms with E-state index in [9.17, 15) is 34.5 Å². The van der Waals surface area contributed by atoms with Gasteiger partial charge in [-0.3, -0.25) is 14.4 Å². The molecule has 6 unspecified atom stereocenters. The summed E-state index contributed by atoms with van der Waals surface area (Å²) in [5.74, 6) is -3.11. The van der Waals surface area contributed by atoms with Crippen LogP contribution in [0.3, 0.4) is 0 Å². The number of aliphatic hydroxyl groups excluding tert-OH is 2. The molecule has 1 rings (SSSR count). The van der Waals surface area contributed by atoms with Gasteiger partial charge < -0.3 is 39.0 Å². The third-order valence-corrected chi connectivity index (χ3v) is 15.8. The molecule has 0 aliphatic carbocycles. The molecule has 1 aliphatic rings. The average Bonchev–Trinajstić information content (AvgIpc) is 3.60. The van der Waals surface area contributed by atoms with E-state index >= 15 is 0 Å².